The summed E-state index contributed by atoms with van der Waals surface area (Å²) in [5.74, 6) is 0.846. The summed E-state index contributed by atoms with van der Waals surface area (Å²) in [6.45, 7) is 0. The topological polar surface area (TPSA) is 33.6 Å². The Morgan fingerprint density at radius 1 is 0.833 bits per heavy atom. The highest BCUT2D eigenvalue weighted by Crippen LogP contribution is 2.22. The van der Waals surface area contributed by atoms with E-state index in [4.69, 9.17) is 4.74 Å². The Morgan fingerprint density at radius 3 is 2.00 bits per heavy atom. The van der Waals surface area contributed by atoms with E-state index in [2.05, 4.69) is 26.2 Å². The van der Waals surface area contributed by atoms with Crippen LogP contribution in [0.5, 0.6) is 5.75 Å². The quantitative estimate of drug-likeness (QED) is 0.554. The summed E-state index contributed by atoms with van der Waals surface area (Å²) < 4.78 is 6.22. The summed E-state index contributed by atoms with van der Waals surface area (Å²) in [5.41, 5.74) is 4.02. The molecular formula is C20H17BrN2O. The summed E-state index contributed by atoms with van der Waals surface area (Å²) >= 11 is 3.43. The standard InChI is InChI=1S/C20H17BrN2O/c1-24-20-12-10-19(11-13-20)23-18-8-6-17(7-9-18)22-14-15-2-4-16(21)5-3-15/h2-14,23H,1H3. The molecule has 0 spiro atoms. The third kappa shape index (κ3) is 4.46. The molecule has 120 valence electrons. The molecule has 3 aromatic carbocycles. The van der Waals surface area contributed by atoms with Crippen molar-refractivity contribution < 1.29 is 4.74 Å². The van der Waals surface area contributed by atoms with Gasteiger partial charge < -0.3 is 10.1 Å². The average molecular weight is 381 g/mol. The van der Waals surface area contributed by atoms with Crippen LogP contribution in [0.1, 0.15) is 5.56 Å². The monoisotopic (exact) mass is 380 g/mol. The number of nitrogens with one attached hydrogen (secondary N) is 1. The second-order valence-corrected chi connectivity index (χ2v) is 6.13. The van der Waals surface area contributed by atoms with E-state index in [1.54, 1.807) is 7.11 Å². The lowest BCUT2D eigenvalue weighted by Crippen LogP contribution is -1.90. The first-order valence-electron chi connectivity index (χ1n) is 7.54. The molecule has 0 heterocycles. The molecule has 0 aliphatic heterocycles. The summed E-state index contributed by atoms with van der Waals surface area (Å²) in [4.78, 5) is 4.49. The second-order valence-electron chi connectivity index (χ2n) is 5.21. The number of rotatable bonds is 5. The Kier molecular flexibility index (Phi) is 5.29. The van der Waals surface area contributed by atoms with Gasteiger partial charge >= 0.3 is 0 Å². The molecule has 24 heavy (non-hydrogen) atoms. The van der Waals surface area contributed by atoms with Crippen LogP contribution in [0.15, 0.2) is 82.3 Å². The number of hydrogen-bond acceptors (Lipinski definition) is 3. The normalized spacial score (nSPS) is 10.8. The first-order valence-corrected chi connectivity index (χ1v) is 8.33. The van der Waals surface area contributed by atoms with E-state index >= 15 is 0 Å². The van der Waals surface area contributed by atoms with Crippen LogP contribution in [0.2, 0.25) is 0 Å². The van der Waals surface area contributed by atoms with Gasteiger partial charge in [0.05, 0.1) is 12.8 Å². The van der Waals surface area contributed by atoms with Crippen LogP contribution >= 0.6 is 15.9 Å². The van der Waals surface area contributed by atoms with Crippen molar-refractivity contribution >= 4 is 39.2 Å². The number of aliphatic imine (C=N–C) groups is 1. The van der Waals surface area contributed by atoms with Crippen LogP contribution in [0.3, 0.4) is 0 Å². The Morgan fingerprint density at radius 2 is 1.42 bits per heavy atom. The fraction of sp³-hybridized carbons (Fsp3) is 0.0500. The third-order valence-corrected chi connectivity index (χ3v) is 4.01. The van der Waals surface area contributed by atoms with Crippen molar-refractivity contribution in [3.63, 3.8) is 0 Å². The van der Waals surface area contributed by atoms with Crippen molar-refractivity contribution in [1.82, 2.24) is 0 Å². The fourth-order valence-corrected chi connectivity index (χ4v) is 2.43. The molecule has 0 fully saturated rings. The number of nitrogens with zero attached hydrogens (tertiary/aromatic N) is 1. The molecule has 3 aromatic rings. The zero-order valence-electron chi connectivity index (χ0n) is 13.2. The summed E-state index contributed by atoms with van der Waals surface area (Å²) in [6.07, 6.45) is 1.86. The number of methoxy groups -OCH3 is 1. The van der Waals surface area contributed by atoms with E-state index in [1.807, 2.05) is 79.0 Å². The largest absolute Gasteiger partial charge is 0.497 e. The van der Waals surface area contributed by atoms with Crippen LogP contribution in [0, 0.1) is 0 Å². The van der Waals surface area contributed by atoms with E-state index in [0.717, 1.165) is 32.8 Å². The maximum Gasteiger partial charge on any atom is 0.119 e. The molecule has 0 atom stereocenters. The van der Waals surface area contributed by atoms with Crippen LogP contribution in [0.25, 0.3) is 0 Å². The van der Waals surface area contributed by atoms with Gasteiger partial charge in [-0.05, 0) is 66.2 Å². The number of ether oxygens (including phenoxy) is 1. The third-order valence-electron chi connectivity index (χ3n) is 3.48. The Bertz CT molecular complexity index is 810. The second kappa shape index (κ2) is 7.79. The Labute approximate surface area is 150 Å². The fourth-order valence-electron chi connectivity index (χ4n) is 2.17. The van der Waals surface area contributed by atoms with Crippen molar-refractivity contribution in [3.8, 4) is 5.75 Å². The highest BCUT2D eigenvalue weighted by Gasteiger charge is 1.96. The number of benzene rings is 3. The Hall–Kier alpha value is -2.59. The van der Waals surface area contributed by atoms with E-state index in [-0.39, 0.29) is 0 Å². The van der Waals surface area contributed by atoms with Crippen molar-refractivity contribution in [2.75, 3.05) is 12.4 Å². The highest BCUT2D eigenvalue weighted by atomic mass is 79.9. The van der Waals surface area contributed by atoms with Gasteiger partial charge in [-0.15, -0.1) is 0 Å². The van der Waals surface area contributed by atoms with Crippen molar-refractivity contribution in [3.05, 3.63) is 82.8 Å². The maximum atomic E-state index is 5.16. The summed E-state index contributed by atoms with van der Waals surface area (Å²) in [6, 6.07) is 23.9. The molecule has 0 radical (unpaired) electrons. The van der Waals surface area contributed by atoms with Gasteiger partial charge in [0.25, 0.3) is 0 Å². The Balaban J connectivity index is 1.65. The minimum Gasteiger partial charge on any atom is -0.497 e. The van der Waals surface area contributed by atoms with E-state index in [9.17, 15) is 0 Å². The molecule has 0 saturated heterocycles. The van der Waals surface area contributed by atoms with Gasteiger partial charge in [0, 0.05) is 22.1 Å². The van der Waals surface area contributed by atoms with Crippen LogP contribution in [-0.4, -0.2) is 13.3 Å². The van der Waals surface area contributed by atoms with E-state index in [0.29, 0.717) is 0 Å². The minimum absolute atomic E-state index is 0.846. The smallest absolute Gasteiger partial charge is 0.119 e. The predicted molar refractivity (Wildman–Crippen MR) is 104 cm³/mol. The predicted octanol–water partition coefficient (Wildman–Crippen LogP) is 5.95. The molecule has 0 saturated carbocycles. The number of hydrogen-bond donors (Lipinski definition) is 1. The molecule has 0 bridgehead atoms. The molecular weight excluding hydrogens is 364 g/mol. The average Bonchev–Trinajstić information content (AvgIpc) is 2.63. The highest BCUT2D eigenvalue weighted by molar-refractivity contribution is 9.10. The molecule has 1 N–H and O–H groups in total. The van der Waals surface area contributed by atoms with Gasteiger partial charge in [-0.3, -0.25) is 4.99 Å². The minimum atomic E-state index is 0.846. The first kappa shape index (κ1) is 16.3. The summed E-state index contributed by atoms with van der Waals surface area (Å²) in [5, 5.41) is 3.35. The van der Waals surface area contributed by atoms with E-state index < -0.39 is 0 Å². The van der Waals surface area contributed by atoms with E-state index in [1.165, 1.54) is 0 Å². The SMILES string of the molecule is COc1ccc(Nc2ccc(N=Cc3ccc(Br)cc3)cc2)cc1. The van der Waals surface area contributed by atoms with Gasteiger partial charge in [0.15, 0.2) is 0 Å². The van der Waals surface area contributed by atoms with Crippen LogP contribution in [-0.2, 0) is 0 Å². The molecule has 0 amide bonds. The van der Waals surface area contributed by atoms with Gasteiger partial charge in [-0.25, -0.2) is 0 Å². The number of halogens is 1. The summed E-state index contributed by atoms with van der Waals surface area (Å²) in [7, 11) is 1.66. The lowest BCUT2D eigenvalue weighted by Gasteiger charge is -2.07. The molecule has 3 nitrogen and oxygen atoms in total. The zero-order valence-corrected chi connectivity index (χ0v) is 14.8. The molecule has 0 unspecified atom stereocenters. The zero-order chi connectivity index (χ0) is 16.8. The molecule has 0 aromatic heterocycles. The van der Waals surface area contributed by atoms with Crippen LogP contribution in [0.4, 0.5) is 17.1 Å². The maximum absolute atomic E-state index is 5.16. The molecule has 3 rings (SSSR count). The van der Waals surface area contributed by atoms with Crippen molar-refractivity contribution in [2.45, 2.75) is 0 Å². The van der Waals surface area contributed by atoms with Gasteiger partial charge in [-0.1, -0.05) is 28.1 Å². The van der Waals surface area contributed by atoms with Gasteiger partial charge in [0.2, 0.25) is 0 Å². The van der Waals surface area contributed by atoms with Gasteiger partial charge in [0.1, 0.15) is 5.75 Å². The van der Waals surface area contributed by atoms with Crippen LogP contribution < -0.4 is 10.1 Å². The lowest BCUT2D eigenvalue weighted by molar-refractivity contribution is 0.415. The van der Waals surface area contributed by atoms with Crippen molar-refractivity contribution in [1.29, 1.82) is 0 Å². The lowest BCUT2D eigenvalue weighted by atomic mass is 10.2. The molecule has 0 aliphatic rings. The van der Waals surface area contributed by atoms with Gasteiger partial charge in [-0.2, -0.15) is 0 Å². The molecule has 0 aliphatic carbocycles. The van der Waals surface area contributed by atoms with Crippen molar-refractivity contribution in [2.24, 2.45) is 4.99 Å². The first-order chi connectivity index (χ1) is 11.7. The number of anilines is 2. The molecule has 4 heteroatoms.